The van der Waals surface area contributed by atoms with E-state index in [2.05, 4.69) is 15.4 Å². The highest BCUT2D eigenvalue weighted by Crippen LogP contribution is 2.39. The monoisotopic (exact) mass is 568 g/mol. The van der Waals surface area contributed by atoms with E-state index in [0.717, 1.165) is 42.2 Å². The van der Waals surface area contributed by atoms with E-state index in [4.69, 9.17) is 16.3 Å². The number of hydrogen-bond acceptors (Lipinski definition) is 7. The van der Waals surface area contributed by atoms with Crippen molar-refractivity contribution in [2.75, 3.05) is 11.9 Å². The number of aryl methyl sites for hydroxylation is 1. The van der Waals surface area contributed by atoms with Crippen LogP contribution in [0.2, 0.25) is 5.02 Å². The number of fused-ring (bicyclic) bond motifs is 2. The Bertz CT molecular complexity index is 1500. The maximum atomic E-state index is 13.9. The van der Waals surface area contributed by atoms with Crippen molar-refractivity contribution >= 4 is 56.8 Å². The number of aromatic nitrogens is 3. The van der Waals surface area contributed by atoms with Gasteiger partial charge in [0.1, 0.15) is 10.0 Å². The predicted molar refractivity (Wildman–Crippen MR) is 136 cm³/mol. The summed E-state index contributed by atoms with van der Waals surface area (Å²) in [5.74, 6) is -1.40. The van der Waals surface area contributed by atoms with Crippen LogP contribution in [0.4, 0.5) is 18.2 Å². The van der Waals surface area contributed by atoms with Gasteiger partial charge in [0, 0.05) is 4.88 Å². The topological polar surface area (TPSA) is 85.6 Å². The van der Waals surface area contributed by atoms with Gasteiger partial charge in [-0.3, -0.25) is 4.79 Å². The Hall–Kier alpha value is -2.96. The fourth-order valence-electron chi connectivity index (χ4n) is 4.30. The minimum Gasteiger partial charge on any atom is -0.462 e. The van der Waals surface area contributed by atoms with Gasteiger partial charge in [0.25, 0.3) is 5.91 Å². The molecule has 0 saturated heterocycles. The number of carbonyl (C=O) groups excluding carboxylic acids is 2. The molecule has 0 atom stereocenters. The first kappa shape index (κ1) is 25.7. The van der Waals surface area contributed by atoms with Crippen molar-refractivity contribution < 1.29 is 27.5 Å². The molecule has 0 spiro atoms. The second kappa shape index (κ2) is 10.1. The number of carbonyl (C=O) groups is 2. The number of hydrogen-bond donors (Lipinski definition) is 1. The number of nitrogens with one attached hydrogen (secondary N) is 1. The third kappa shape index (κ3) is 4.85. The van der Waals surface area contributed by atoms with E-state index in [1.165, 1.54) is 22.7 Å². The first-order valence-electron chi connectivity index (χ1n) is 11.5. The largest absolute Gasteiger partial charge is 0.462 e. The van der Waals surface area contributed by atoms with E-state index in [1.54, 1.807) is 24.4 Å². The lowest BCUT2D eigenvalue weighted by Gasteiger charge is -2.10. The molecule has 0 aliphatic heterocycles. The van der Waals surface area contributed by atoms with E-state index in [-0.39, 0.29) is 33.5 Å². The first-order chi connectivity index (χ1) is 17.7. The molecule has 0 radical (unpaired) electrons. The van der Waals surface area contributed by atoms with E-state index >= 15 is 0 Å². The average molecular weight is 569 g/mol. The van der Waals surface area contributed by atoms with Gasteiger partial charge < -0.3 is 10.1 Å². The molecule has 7 nitrogen and oxygen atoms in total. The molecule has 0 bridgehead atoms. The maximum Gasteiger partial charge on any atom is 0.433 e. The average Bonchev–Trinajstić information content (AvgIpc) is 3.53. The summed E-state index contributed by atoms with van der Waals surface area (Å²) in [7, 11) is 0. The third-order valence-electron chi connectivity index (χ3n) is 5.94. The second-order valence-corrected chi connectivity index (χ2v) is 10.8. The number of ether oxygens (including phenoxy) is 1. The molecule has 4 heterocycles. The smallest absolute Gasteiger partial charge is 0.433 e. The summed E-state index contributed by atoms with van der Waals surface area (Å²) in [6.45, 7) is 1.85. The van der Waals surface area contributed by atoms with Crippen LogP contribution in [0.5, 0.6) is 0 Å². The lowest BCUT2D eigenvalue weighted by atomic mass is 10.1. The summed E-state index contributed by atoms with van der Waals surface area (Å²) >= 11 is 8.88. The van der Waals surface area contributed by atoms with Crippen molar-refractivity contribution in [3.63, 3.8) is 0 Å². The summed E-state index contributed by atoms with van der Waals surface area (Å²) in [4.78, 5) is 31.8. The molecule has 4 aromatic heterocycles. The second-order valence-electron chi connectivity index (χ2n) is 8.34. The minimum atomic E-state index is -4.78. The van der Waals surface area contributed by atoms with Gasteiger partial charge in [-0.15, -0.1) is 22.7 Å². The number of rotatable bonds is 5. The van der Waals surface area contributed by atoms with Crippen LogP contribution < -0.4 is 5.32 Å². The fourth-order valence-corrected chi connectivity index (χ4v) is 6.51. The van der Waals surface area contributed by atoms with Crippen LogP contribution in [0.3, 0.4) is 0 Å². The van der Waals surface area contributed by atoms with Crippen molar-refractivity contribution in [2.45, 2.75) is 45.2 Å². The van der Waals surface area contributed by atoms with Crippen molar-refractivity contribution in [1.82, 2.24) is 14.6 Å². The Kier molecular flexibility index (Phi) is 6.99. The van der Waals surface area contributed by atoms with E-state index in [9.17, 15) is 22.8 Å². The van der Waals surface area contributed by atoms with Gasteiger partial charge >= 0.3 is 12.1 Å². The molecule has 1 amide bonds. The molecule has 194 valence electrons. The van der Waals surface area contributed by atoms with Crippen molar-refractivity contribution in [1.29, 1.82) is 0 Å². The van der Waals surface area contributed by atoms with Gasteiger partial charge in [-0.2, -0.15) is 18.3 Å². The molecule has 0 unspecified atom stereocenters. The summed E-state index contributed by atoms with van der Waals surface area (Å²) in [6.07, 6.45) is -0.444. The molecule has 0 fully saturated rings. The molecule has 0 saturated carbocycles. The lowest BCUT2D eigenvalue weighted by molar-refractivity contribution is -0.142. The van der Waals surface area contributed by atoms with Crippen LogP contribution in [0, 0.1) is 0 Å². The Morgan fingerprint density at radius 2 is 2.03 bits per heavy atom. The van der Waals surface area contributed by atoms with Crippen molar-refractivity contribution in [3.05, 3.63) is 56.0 Å². The van der Waals surface area contributed by atoms with Gasteiger partial charge in [-0.05, 0) is 55.7 Å². The maximum absolute atomic E-state index is 13.9. The molecular formula is C24H20ClF3N4O3S2. The zero-order valence-corrected chi connectivity index (χ0v) is 21.8. The Labute approximate surface area is 222 Å². The normalized spacial score (nSPS) is 13.9. The third-order valence-corrected chi connectivity index (χ3v) is 8.39. The van der Waals surface area contributed by atoms with Gasteiger partial charge in [0.05, 0.1) is 22.7 Å². The molecule has 13 heteroatoms. The van der Waals surface area contributed by atoms with E-state index < -0.39 is 29.4 Å². The minimum absolute atomic E-state index is 0.0650. The zero-order valence-electron chi connectivity index (χ0n) is 19.4. The van der Waals surface area contributed by atoms with Crippen LogP contribution in [-0.4, -0.2) is 33.1 Å². The number of anilines is 1. The number of alkyl halides is 3. The number of amides is 1. The lowest BCUT2D eigenvalue weighted by Crippen LogP contribution is -2.17. The highest BCUT2D eigenvalue weighted by molar-refractivity contribution is 7.17. The molecule has 1 aliphatic carbocycles. The van der Waals surface area contributed by atoms with Crippen LogP contribution in [0.1, 0.15) is 63.2 Å². The molecule has 37 heavy (non-hydrogen) atoms. The molecule has 0 aromatic carbocycles. The number of thiophene rings is 2. The molecule has 1 N–H and O–H groups in total. The fraction of sp³-hybridized carbons (Fsp3) is 0.333. The highest BCUT2D eigenvalue weighted by Gasteiger charge is 2.37. The van der Waals surface area contributed by atoms with Crippen molar-refractivity contribution in [3.8, 4) is 10.6 Å². The van der Waals surface area contributed by atoms with Crippen LogP contribution in [0.25, 0.3) is 16.2 Å². The van der Waals surface area contributed by atoms with Gasteiger partial charge in [0.15, 0.2) is 17.0 Å². The number of esters is 1. The quantitative estimate of drug-likeness (QED) is 0.209. The summed E-state index contributed by atoms with van der Waals surface area (Å²) in [5, 5.41) is 8.21. The first-order valence-corrected chi connectivity index (χ1v) is 13.6. The highest BCUT2D eigenvalue weighted by atomic mass is 35.5. The summed E-state index contributed by atoms with van der Waals surface area (Å²) in [5.41, 5.74) is -0.642. The van der Waals surface area contributed by atoms with E-state index in [1.807, 2.05) is 0 Å². The van der Waals surface area contributed by atoms with Crippen LogP contribution in [-0.2, 0) is 23.8 Å². The Balaban J connectivity index is 1.58. The van der Waals surface area contributed by atoms with Gasteiger partial charge in [-0.25, -0.2) is 14.3 Å². The standard InChI is InChI=1S/C24H20ClF3N4O3S2/c1-2-35-23(34)17-12-7-4-3-5-8-14(12)37-22(17)30-21(33)19-18(25)20-29-13(15-9-6-10-36-15)11-16(24(26,27)28)32(20)31-19/h6,9-11H,2-5,7-8H2,1H3,(H,30,33). The molecular weight excluding hydrogens is 549 g/mol. The van der Waals surface area contributed by atoms with Crippen LogP contribution >= 0.6 is 34.3 Å². The summed E-state index contributed by atoms with van der Waals surface area (Å²) < 4.78 is 47.5. The van der Waals surface area contributed by atoms with Crippen molar-refractivity contribution in [2.24, 2.45) is 0 Å². The predicted octanol–water partition coefficient (Wildman–Crippen LogP) is 6.89. The Morgan fingerprint density at radius 3 is 2.73 bits per heavy atom. The number of halogens is 4. The van der Waals surface area contributed by atoms with E-state index in [0.29, 0.717) is 15.8 Å². The summed E-state index contributed by atoms with van der Waals surface area (Å²) in [6, 6.07) is 4.21. The Morgan fingerprint density at radius 1 is 1.24 bits per heavy atom. The molecule has 1 aliphatic rings. The zero-order chi connectivity index (χ0) is 26.3. The van der Waals surface area contributed by atoms with Gasteiger partial charge in [-0.1, -0.05) is 24.1 Å². The number of nitrogens with zero attached hydrogens (tertiary/aromatic N) is 3. The molecule has 5 rings (SSSR count). The SMILES string of the molecule is CCOC(=O)c1c(NC(=O)c2nn3c(C(F)(F)F)cc(-c4cccs4)nc3c2Cl)sc2c1CCCCC2. The van der Waals surface area contributed by atoms with Crippen LogP contribution in [0.15, 0.2) is 23.6 Å². The molecule has 4 aromatic rings. The van der Waals surface area contributed by atoms with Gasteiger partial charge in [0.2, 0.25) is 0 Å².